The summed E-state index contributed by atoms with van der Waals surface area (Å²) in [6.45, 7) is 19.7. The molecule has 2 aliphatic carbocycles. The molecule has 0 aromatic heterocycles. The zero-order valence-corrected chi connectivity index (χ0v) is 37.1. The lowest BCUT2D eigenvalue weighted by Gasteiger charge is -2.63. The molecule has 0 unspecified atom stereocenters. The number of amides is 4. The van der Waals surface area contributed by atoms with E-state index in [0.29, 0.717) is 24.5 Å². The van der Waals surface area contributed by atoms with E-state index in [1.807, 2.05) is 50.2 Å². The van der Waals surface area contributed by atoms with E-state index in [0.717, 1.165) is 54.1 Å². The predicted octanol–water partition coefficient (Wildman–Crippen LogP) is 6.10. The third-order valence-corrected chi connectivity index (χ3v) is 13.3. The third kappa shape index (κ3) is 9.18. The van der Waals surface area contributed by atoms with E-state index in [2.05, 4.69) is 73.2 Å². The van der Waals surface area contributed by atoms with Gasteiger partial charge in [0.15, 0.2) is 0 Å². The number of piperidine rings is 1. The Morgan fingerprint density at radius 2 is 1.65 bits per heavy atom. The Labute approximate surface area is 364 Å². The molecular weight excluding hydrogens is 790 g/mol. The molecule has 12 nitrogen and oxygen atoms in total. The van der Waals surface area contributed by atoms with Crippen molar-refractivity contribution < 1.29 is 37.8 Å². The first-order valence-electron chi connectivity index (χ1n) is 21.7. The van der Waals surface area contributed by atoms with E-state index in [9.17, 15) is 19.2 Å². The Balaban J connectivity index is 0.887. The summed E-state index contributed by atoms with van der Waals surface area (Å²) >= 11 is 0. The Morgan fingerprint density at radius 3 is 2.26 bits per heavy atom. The molecule has 62 heavy (non-hydrogen) atoms. The van der Waals surface area contributed by atoms with Crippen LogP contribution in [0.25, 0.3) is 0 Å². The lowest BCUT2D eigenvalue weighted by Crippen LogP contribution is -2.74. The minimum atomic E-state index is -0.894. The molecule has 0 radical (unpaired) electrons. The summed E-state index contributed by atoms with van der Waals surface area (Å²) in [4.78, 5) is 54.6. The van der Waals surface area contributed by atoms with Gasteiger partial charge in [-0.1, -0.05) is 33.6 Å². The number of carbonyl (C=O) groups excluding carboxylic acids is 4. The van der Waals surface area contributed by atoms with E-state index < -0.39 is 29.6 Å². The monoisotopic (exact) mass is 849 g/mol. The minimum absolute atomic E-state index is 0.0246. The fourth-order valence-corrected chi connectivity index (χ4v) is 10.2. The summed E-state index contributed by atoms with van der Waals surface area (Å²) in [6, 6.07) is 15.4. The molecule has 7 rings (SSSR count). The highest BCUT2D eigenvalue weighted by atomic mass is 19.1. The first-order valence-corrected chi connectivity index (χ1v) is 21.7. The van der Waals surface area contributed by atoms with Crippen LogP contribution in [-0.4, -0.2) is 97.2 Å². The standard InChI is InChI=1S/C49H60FN5O7/c1-10-38-29(4)21-35(22-30(38)5)62-47-48(6,7)46(49(47,8)9)53-43(57)31-11-13-32(14-12-31)54-19-20-60-37(26-54)27-55(28(2)3)33-23-36(24-33)61-34-15-16-39(40(50)25-34)44(58)51-41-17-18-42(56)52-45(41)59/h1,11-16,21-22,25,28,33,36-37,41,46-47H,17-20,23-24,26-27H2,2-9H3,(H,51,58)(H,53,57)(H,52,56,59)/t33?,36?,37-,41+,46?,47?/m1/s1. The number of nitrogens with zero attached hydrogens (tertiary/aromatic N) is 2. The normalized spacial score (nSPS) is 25.2. The van der Waals surface area contributed by atoms with Crippen LogP contribution in [0.5, 0.6) is 11.5 Å². The van der Waals surface area contributed by atoms with Crippen molar-refractivity contribution in [2.75, 3.05) is 31.1 Å². The average molecular weight is 850 g/mol. The van der Waals surface area contributed by atoms with Gasteiger partial charge in [0, 0.05) is 90.7 Å². The van der Waals surface area contributed by atoms with Crippen molar-refractivity contribution in [1.82, 2.24) is 20.9 Å². The van der Waals surface area contributed by atoms with Crippen LogP contribution in [0.1, 0.15) is 105 Å². The SMILES string of the molecule is C#Cc1c(C)cc(OC2C(C)(C)C(NC(=O)c3ccc(N4CCO[C@@H](CN(C(C)C)C5CC(Oc6ccc(C(=O)N[C@H]7CCC(=O)NC7=O)c(F)c6)C5)C4)cc3)C2(C)C)cc1C. The van der Waals surface area contributed by atoms with E-state index in [4.69, 9.17) is 20.6 Å². The number of hydrogen-bond donors (Lipinski definition) is 3. The number of imide groups is 1. The van der Waals surface area contributed by atoms with Crippen LogP contribution in [0, 0.1) is 42.8 Å². The number of anilines is 1. The van der Waals surface area contributed by atoms with Gasteiger partial charge in [-0.05, 0) is 93.8 Å². The zero-order chi connectivity index (χ0) is 44.7. The molecule has 2 heterocycles. The van der Waals surface area contributed by atoms with Crippen molar-refractivity contribution in [1.29, 1.82) is 0 Å². The lowest BCUT2D eigenvalue weighted by molar-refractivity contribution is -0.164. The highest BCUT2D eigenvalue weighted by Crippen LogP contribution is 2.55. The van der Waals surface area contributed by atoms with E-state index in [1.165, 1.54) is 12.1 Å². The molecule has 330 valence electrons. The van der Waals surface area contributed by atoms with Gasteiger partial charge in [0.1, 0.15) is 35.6 Å². The van der Waals surface area contributed by atoms with Gasteiger partial charge >= 0.3 is 0 Å². The van der Waals surface area contributed by atoms with Crippen LogP contribution >= 0.6 is 0 Å². The number of rotatable bonds is 13. The maximum atomic E-state index is 15.0. The van der Waals surface area contributed by atoms with Gasteiger partial charge in [-0.25, -0.2) is 4.39 Å². The van der Waals surface area contributed by atoms with E-state index in [1.54, 1.807) is 6.07 Å². The molecular formula is C49H60FN5O7. The van der Waals surface area contributed by atoms with Gasteiger partial charge in [0.05, 0.1) is 18.3 Å². The molecule has 2 saturated carbocycles. The largest absolute Gasteiger partial charge is 0.490 e. The van der Waals surface area contributed by atoms with E-state index in [-0.39, 0.29) is 71.6 Å². The van der Waals surface area contributed by atoms with Crippen molar-refractivity contribution >= 4 is 29.3 Å². The molecule has 13 heteroatoms. The first kappa shape index (κ1) is 44.6. The molecule has 2 atom stereocenters. The Morgan fingerprint density at radius 1 is 0.968 bits per heavy atom. The average Bonchev–Trinajstić information content (AvgIpc) is 3.20. The Hall–Kier alpha value is -5.45. The maximum absolute atomic E-state index is 15.0. The number of terminal acetylenes is 1. The third-order valence-electron chi connectivity index (χ3n) is 13.3. The smallest absolute Gasteiger partial charge is 0.254 e. The van der Waals surface area contributed by atoms with Crippen LogP contribution < -0.4 is 30.3 Å². The summed E-state index contributed by atoms with van der Waals surface area (Å²) in [5.74, 6) is 1.30. The van der Waals surface area contributed by atoms with Gasteiger partial charge in [-0.2, -0.15) is 0 Å². The quantitative estimate of drug-likeness (QED) is 0.138. The van der Waals surface area contributed by atoms with Crippen LogP contribution in [0.4, 0.5) is 10.1 Å². The Kier molecular flexibility index (Phi) is 12.8. The summed E-state index contributed by atoms with van der Waals surface area (Å²) in [7, 11) is 0. The van der Waals surface area contributed by atoms with Crippen molar-refractivity contribution in [3.05, 3.63) is 88.2 Å². The molecule has 2 aliphatic heterocycles. The van der Waals surface area contributed by atoms with E-state index >= 15 is 4.39 Å². The number of morpholine rings is 1. The number of nitrogens with one attached hydrogen (secondary N) is 3. The number of hydrogen-bond acceptors (Lipinski definition) is 9. The molecule has 2 saturated heterocycles. The van der Waals surface area contributed by atoms with Gasteiger partial charge in [-0.15, -0.1) is 6.42 Å². The second-order valence-electron chi connectivity index (χ2n) is 18.9. The van der Waals surface area contributed by atoms with Crippen LogP contribution in [0.3, 0.4) is 0 Å². The van der Waals surface area contributed by atoms with Gasteiger partial charge < -0.3 is 29.7 Å². The number of carbonyl (C=O) groups is 4. The maximum Gasteiger partial charge on any atom is 0.254 e. The van der Waals surface area contributed by atoms with Crippen molar-refractivity contribution in [3.8, 4) is 23.8 Å². The van der Waals surface area contributed by atoms with Crippen LogP contribution in [-0.2, 0) is 14.3 Å². The highest BCUT2D eigenvalue weighted by Gasteiger charge is 2.64. The fourth-order valence-electron chi connectivity index (χ4n) is 10.2. The lowest BCUT2D eigenvalue weighted by atomic mass is 9.49. The molecule has 3 aromatic carbocycles. The first-order chi connectivity index (χ1) is 29.3. The minimum Gasteiger partial charge on any atom is -0.490 e. The molecule has 4 aliphatic rings. The topological polar surface area (TPSA) is 139 Å². The molecule has 0 spiro atoms. The van der Waals surface area contributed by atoms with Crippen molar-refractivity contribution in [2.45, 2.75) is 124 Å². The van der Waals surface area contributed by atoms with Gasteiger partial charge in [0.2, 0.25) is 11.8 Å². The summed E-state index contributed by atoms with van der Waals surface area (Å²) in [5.41, 5.74) is 3.71. The number of benzene rings is 3. The van der Waals surface area contributed by atoms with Crippen LogP contribution in [0.2, 0.25) is 0 Å². The fraction of sp³-hybridized carbons (Fsp3) is 0.510. The van der Waals surface area contributed by atoms with Crippen molar-refractivity contribution in [3.63, 3.8) is 0 Å². The summed E-state index contributed by atoms with van der Waals surface area (Å²) < 4.78 is 34.0. The second-order valence-corrected chi connectivity index (χ2v) is 18.9. The second kappa shape index (κ2) is 17.7. The highest BCUT2D eigenvalue weighted by molar-refractivity contribution is 6.04. The number of halogens is 1. The van der Waals surface area contributed by atoms with Gasteiger partial charge in [0.25, 0.3) is 11.8 Å². The molecule has 4 fully saturated rings. The molecule has 3 aromatic rings. The van der Waals surface area contributed by atoms with Crippen LogP contribution in [0.15, 0.2) is 54.6 Å². The Bertz CT molecular complexity index is 2210. The number of ether oxygens (including phenoxy) is 3. The predicted molar refractivity (Wildman–Crippen MR) is 235 cm³/mol. The molecule has 0 bridgehead atoms. The van der Waals surface area contributed by atoms with Crippen molar-refractivity contribution in [2.24, 2.45) is 10.8 Å². The molecule has 4 amide bonds. The summed E-state index contributed by atoms with van der Waals surface area (Å²) in [5, 5.41) is 8.02. The van der Waals surface area contributed by atoms with Gasteiger partial charge in [-0.3, -0.25) is 29.4 Å². The molecule has 3 N–H and O–H groups in total. The number of aryl methyl sites for hydroxylation is 2. The zero-order valence-electron chi connectivity index (χ0n) is 37.1. The summed E-state index contributed by atoms with van der Waals surface area (Å²) in [6.07, 6.45) is 7.26.